The quantitative estimate of drug-likeness (QED) is 0.128. The summed E-state index contributed by atoms with van der Waals surface area (Å²) in [7, 11) is 0. The molecule has 3 unspecified atom stereocenters. The predicted octanol–water partition coefficient (Wildman–Crippen LogP) is 10.9. The Morgan fingerprint density at radius 1 is 0.647 bits per heavy atom. The average molecular weight is 672 g/mol. The van der Waals surface area contributed by atoms with Crippen LogP contribution in [0.3, 0.4) is 0 Å². The molecule has 2 aliphatic rings. The largest absolute Gasteiger partial charge is 0.308 e. The van der Waals surface area contributed by atoms with E-state index in [9.17, 15) is 0 Å². The standard InChI is InChI=1S/C47H33N3S/c1-4-46(2)47(3,45-30-15-6-5-14-28(30)36-19-9-11-24-48(36)45)35-27-39-33(26-34(35)37-20-10-12-25-49(37)46)29-17-13-18-32-42-38(50(39)44(29)32)22-23-41-43(42)31-16-7-8-21-40(31)51-41/h4-27,45H,1H2,2-3H3/q+2. The molecule has 7 heterocycles. The van der Waals surface area contributed by atoms with E-state index in [1.807, 2.05) is 11.3 Å². The van der Waals surface area contributed by atoms with Crippen molar-refractivity contribution in [3.63, 3.8) is 0 Å². The van der Waals surface area contributed by atoms with E-state index in [2.05, 4.69) is 180 Å². The summed E-state index contributed by atoms with van der Waals surface area (Å²) >= 11 is 1.90. The molecule has 240 valence electrons. The Labute approximate surface area is 298 Å². The number of nitrogens with zero attached hydrogens (tertiary/aromatic N) is 3. The van der Waals surface area contributed by atoms with Gasteiger partial charge in [-0.3, -0.25) is 0 Å². The fourth-order valence-electron chi connectivity index (χ4n) is 10.4. The van der Waals surface area contributed by atoms with Crippen molar-refractivity contribution < 1.29 is 9.13 Å². The molecule has 0 spiro atoms. The van der Waals surface area contributed by atoms with Gasteiger partial charge < -0.3 is 4.40 Å². The van der Waals surface area contributed by atoms with Gasteiger partial charge in [0, 0.05) is 78.5 Å². The molecule has 0 bridgehead atoms. The Hall–Kier alpha value is -5.84. The highest BCUT2D eigenvalue weighted by molar-refractivity contribution is 7.26. The molecule has 4 heteroatoms. The number of allylic oxidation sites excluding steroid dienone is 1. The van der Waals surface area contributed by atoms with Crippen LogP contribution in [0.1, 0.15) is 31.0 Å². The minimum atomic E-state index is -0.464. The van der Waals surface area contributed by atoms with Crippen LogP contribution in [-0.4, -0.2) is 4.40 Å². The third kappa shape index (κ3) is 3.10. The molecule has 0 N–H and O–H groups in total. The van der Waals surface area contributed by atoms with Gasteiger partial charge in [-0.05, 0) is 67.1 Å². The monoisotopic (exact) mass is 671 g/mol. The fourth-order valence-corrected chi connectivity index (χ4v) is 11.5. The molecule has 5 aromatic carbocycles. The van der Waals surface area contributed by atoms with Crippen molar-refractivity contribution in [3.8, 4) is 22.5 Å². The van der Waals surface area contributed by atoms with Crippen LogP contribution in [0.15, 0.2) is 152 Å². The highest BCUT2D eigenvalue weighted by Crippen LogP contribution is 2.57. The zero-order valence-corrected chi connectivity index (χ0v) is 29.2. The zero-order chi connectivity index (χ0) is 33.8. The summed E-state index contributed by atoms with van der Waals surface area (Å²) in [5, 5.41) is 8.01. The van der Waals surface area contributed by atoms with Crippen LogP contribution in [0.5, 0.6) is 0 Å². The van der Waals surface area contributed by atoms with Crippen LogP contribution >= 0.6 is 11.3 Å². The SMILES string of the molecule is C=CC1(C)[n+]2ccccc2-c2cc3c4cccc5c6c7c(ccc6n(c3cc2C1(C)C1c2ccccc2-c2cccc[n+]21)c45)sc1ccccc17. The lowest BCUT2D eigenvalue weighted by Crippen LogP contribution is -2.71. The molecule has 3 nitrogen and oxygen atoms in total. The van der Waals surface area contributed by atoms with Gasteiger partial charge >= 0.3 is 0 Å². The Balaban J connectivity index is 1.27. The number of hydrogen-bond donors (Lipinski definition) is 0. The van der Waals surface area contributed by atoms with Gasteiger partial charge in [0.15, 0.2) is 17.9 Å². The van der Waals surface area contributed by atoms with E-state index >= 15 is 0 Å². The maximum absolute atomic E-state index is 4.59. The molecule has 12 rings (SSSR count). The van der Waals surface area contributed by atoms with Crippen molar-refractivity contribution in [2.24, 2.45) is 0 Å². The summed E-state index contributed by atoms with van der Waals surface area (Å²) < 4.78 is 10.3. The first-order valence-corrected chi connectivity index (χ1v) is 18.7. The second-order valence-electron chi connectivity index (χ2n) is 14.9. The molecule has 0 fully saturated rings. The number of pyridine rings is 2. The van der Waals surface area contributed by atoms with Crippen molar-refractivity contribution >= 4 is 69.6 Å². The van der Waals surface area contributed by atoms with E-state index in [-0.39, 0.29) is 6.04 Å². The summed E-state index contributed by atoms with van der Waals surface area (Å²) in [6.07, 6.45) is 6.74. The molecule has 5 aromatic heterocycles. The molecule has 0 amide bonds. The van der Waals surface area contributed by atoms with E-state index in [1.54, 1.807) is 0 Å². The summed E-state index contributed by atoms with van der Waals surface area (Å²) in [5.41, 5.74) is 10.7. The molecule has 0 saturated heterocycles. The lowest BCUT2D eigenvalue weighted by Gasteiger charge is -2.46. The zero-order valence-electron chi connectivity index (χ0n) is 28.4. The van der Waals surface area contributed by atoms with Crippen molar-refractivity contribution in [2.75, 3.05) is 0 Å². The van der Waals surface area contributed by atoms with Gasteiger partial charge in [0.25, 0.3) is 0 Å². The molecule has 0 radical (unpaired) electrons. The second-order valence-corrected chi connectivity index (χ2v) is 16.0. The minimum absolute atomic E-state index is 0.0348. The van der Waals surface area contributed by atoms with Crippen molar-refractivity contribution in [1.82, 2.24) is 4.40 Å². The number of aromatic nitrogens is 3. The van der Waals surface area contributed by atoms with Gasteiger partial charge in [-0.15, -0.1) is 11.3 Å². The highest BCUT2D eigenvalue weighted by Gasteiger charge is 2.66. The first kappa shape index (κ1) is 27.9. The van der Waals surface area contributed by atoms with Crippen molar-refractivity contribution in [2.45, 2.75) is 30.8 Å². The topological polar surface area (TPSA) is 12.2 Å². The molecule has 10 aromatic rings. The van der Waals surface area contributed by atoms with Crippen LogP contribution in [0.4, 0.5) is 0 Å². The maximum Gasteiger partial charge on any atom is 0.213 e. The molecule has 0 aliphatic carbocycles. The van der Waals surface area contributed by atoms with E-state index in [1.165, 1.54) is 91.9 Å². The summed E-state index contributed by atoms with van der Waals surface area (Å²) in [6, 6.07) is 47.9. The van der Waals surface area contributed by atoms with E-state index in [4.69, 9.17) is 0 Å². The average Bonchev–Trinajstić information content (AvgIpc) is 3.92. The molecule has 2 aliphatic heterocycles. The van der Waals surface area contributed by atoms with Gasteiger partial charge in [0.2, 0.25) is 17.4 Å². The van der Waals surface area contributed by atoms with Gasteiger partial charge in [-0.25, -0.2) is 0 Å². The van der Waals surface area contributed by atoms with Crippen molar-refractivity contribution in [3.05, 3.63) is 164 Å². The number of fused-ring (bicyclic) bond motifs is 16. The lowest BCUT2D eigenvalue weighted by atomic mass is 9.58. The first-order valence-electron chi connectivity index (χ1n) is 17.8. The van der Waals surface area contributed by atoms with E-state index in [0.29, 0.717) is 0 Å². The number of para-hydroxylation sites is 1. The van der Waals surface area contributed by atoms with E-state index in [0.717, 1.165) is 0 Å². The van der Waals surface area contributed by atoms with Crippen LogP contribution in [-0.2, 0) is 11.0 Å². The molecular weight excluding hydrogens is 639 g/mol. The number of rotatable bonds is 2. The predicted molar refractivity (Wildman–Crippen MR) is 211 cm³/mol. The summed E-state index contributed by atoms with van der Waals surface area (Å²) in [5.74, 6) is 0. The molecule has 0 saturated carbocycles. The van der Waals surface area contributed by atoms with Crippen LogP contribution in [0, 0.1) is 0 Å². The maximum atomic E-state index is 4.59. The Kier molecular flexibility index (Phi) is 5.08. The number of benzene rings is 5. The van der Waals surface area contributed by atoms with Gasteiger partial charge in [0.1, 0.15) is 5.41 Å². The summed E-state index contributed by atoms with van der Waals surface area (Å²) in [6.45, 7) is 9.47. The van der Waals surface area contributed by atoms with Gasteiger partial charge in [-0.2, -0.15) is 9.13 Å². The van der Waals surface area contributed by atoms with E-state index < -0.39 is 11.0 Å². The first-order chi connectivity index (χ1) is 25.0. The minimum Gasteiger partial charge on any atom is -0.308 e. The summed E-state index contributed by atoms with van der Waals surface area (Å²) in [4.78, 5) is 0. The Morgan fingerprint density at radius 2 is 1.41 bits per heavy atom. The Bertz CT molecular complexity index is 3120. The number of hydrogen-bond acceptors (Lipinski definition) is 1. The fraction of sp³-hybridized carbons (Fsp3) is 0.106. The highest BCUT2D eigenvalue weighted by atomic mass is 32.1. The lowest BCUT2D eigenvalue weighted by molar-refractivity contribution is -0.776. The molecule has 51 heavy (non-hydrogen) atoms. The van der Waals surface area contributed by atoms with Crippen LogP contribution < -0.4 is 9.13 Å². The second kappa shape index (κ2) is 9.28. The molecule has 3 atom stereocenters. The van der Waals surface area contributed by atoms with Crippen molar-refractivity contribution in [1.29, 1.82) is 0 Å². The third-order valence-electron chi connectivity index (χ3n) is 12.8. The molecular formula is C47H33N3S+2. The van der Waals surface area contributed by atoms with Gasteiger partial charge in [0.05, 0.1) is 27.7 Å². The normalized spacial score (nSPS) is 20.8. The number of thiophene rings is 1. The smallest absolute Gasteiger partial charge is 0.213 e. The van der Waals surface area contributed by atoms with Crippen LogP contribution in [0.2, 0.25) is 0 Å². The van der Waals surface area contributed by atoms with Gasteiger partial charge in [-0.1, -0.05) is 61.2 Å². The Morgan fingerprint density at radius 3 is 2.31 bits per heavy atom. The van der Waals surface area contributed by atoms with Crippen LogP contribution in [0.25, 0.3) is 80.8 Å². The third-order valence-corrected chi connectivity index (χ3v) is 14.0.